The number of methoxy groups -OCH3 is 1. The fourth-order valence-corrected chi connectivity index (χ4v) is 1.60. The molecule has 0 aliphatic rings. The van der Waals surface area contributed by atoms with Crippen molar-refractivity contribution >= 4 is 23.1 Å². The maximum Gasteiger partial charge on any atom is 0.232 e. The standard InChI is InChI=1S/C11H10ClN3O2/c1-17-9-5-8(13)7(12)4-6(9)10(16)11-14-2-3-15-11/h2-5H,13H2,1H3,(H,14,15). The zero-order valence-corrected chi connectivity index (χ0v) is 9.78. The number of carbonyl (C=O) groups excluding carboxylic acids is 1. The molecule has 0 aliphatic carbocycles. The van der Waals surface area contributed by atoms with Gasteiger partial charge in [0.25, 0.3) is 0 Å². The van der Waals surface area contributed by atoms with Crippen LogP contribution in [0.3, 0.4) is 0 Å². The summed E-state index contributed by atoms with van der Waals surface area (Å²) in [5.74, 6) is 0.297. The molecule has 1 heterocycles. The first-order valence-electron chi connectivity index (χ1n) is 4.80. The van der Waals surface area contributed by atoms with E-state index in [0.717, 1.165) is 0 Å². The third-order valence-electron chi connectivity index (χ3n) is 2.28. The summed E-state index contributed by atoms with van der Waals surface area (Å²) < 4.78 is 5.10. The van der Waals surface area contributed by atoms with Gasteiger partial charge >= 0.3 is 0 Å². The summed E-state index contributed by atoms with van der Waals surface area (Å²) in [7, 11) is 1.46. The highest BCUT2D eigenvalue weighted by atomic mass is 35.5. The van der Waals surface area contributed by atoms with Gasteiger partial charge in [0.1, 0.15) is 5.75 Å². The molecule has 17 heavy (non-hydrogen) atoms. The topological polar surface area (TPSA) is 81.0 Å². The van der Waals surface area contributed by atoms with Crippen LogP contribution in [0.15, 0.2) is 24.5 Å². The summed E-state index contributed by atoms with van der Waals surface area (Å²) in [4.78, 5) is 18.7. The molecule has 0 fully saturated rings. The van der Waals surface area contributed by atoms with Gasteiger partial charge < -0.3 is 15.5 Å². The molecular weight excluding hydrogens is 242 g/mol. The Hall–Kier alpha value is -2.01. The number of imidazole rings is 1. The minimum Gasteiger partial charge on any atom is -0.496 e. The van der Waals surface area contributed by atoms with E-state index in [0.29, 0.717) is 22.0 Å². The predicted molar refractivity (Wildman–Crippen MR) is 64.4 cm³/mol. The van der Waals surface area contributed by atoms with Crippen molar-refractivity contribution in [2.24, 2.45) is 0 Å². The van der Waals surface area contributed by atoms with Crippen LogP contribution >= 0.6 is 11.6 Å². The maximum atomic E-state index is 12.1. The molecule has 0 saturated carbocycles. The van der Waals surface area contributed by atoms with Crippen molar-refractivity contribution in [2.75, 3.05) is 12.8 Å². The predicted octanol–water partition coefficient (Wildman–Crippen LogP) is 1.88. The Kier molecular flexibility index (Phi) is 3.01. The van der Waals surface area contributed by atoms with Crippen LogP contribution in [0.4, 0.5) is 5.69 Å². The Bertz CT molecular complexity index is 552. The molecule has 0 atom stereocenters. The van der Waals surface area contributed by atoms with Gasteiger partial charge in [-0.2, -0.15) is 0 Å². The summed E-state index contributed by atoms with van der Waals surface area (Å²) in [6.07, 6.45) is 3.07. The number of nitrogens with two attached hydrogens (primary N) is 1. The fraction of sp³-hybridized carbons (Fsp3) is 0.0909. The highest BCUT2D eigenvalue weighted by Gasteiger charge is 2.18. The fourth-order valence-electron chi connectivity index (χ4n) is 1.43. The minimum absolute atomic E-state index is 0.226. The Morgan fingerprint density at radius 3 is 2.88 bits per heavy atom. The number of carbonyl (C=O) groups is 1. The van der Waals surface area contributed by atoms with Crippen LogP contribution in [0, 0.1) is 0 Å². The molecule has 3 N–H and O–H groups in total. The van der Waals surface area contributed by atoms with Gasteiger partial charge in [-0.1, -0.05) is 11.6 Å². The van der Waals surface area contributed by atoms with Gasteiger partial charge in [0.15, 0.2) is 5.82 Å². The number of H-pyrrole nitrogens is 1. The molecule has 1 aromatic carbocycles. The molecule has 88 valence electrons. The lowest BCUT2D eigenvalue weighted by molar-refractivity contribution is 0.102. The van der Waals surface area contributed by atoms with E-state index in [1.54, 1.807) is 6.20 Å². The van der Waals surface area contributed by atoms with Crippen LogP contribution in [0.2, 0.25) is 5.02 Å². The van der Waals surface area contributed by atoms with Gasteiger partial charge in [-0.25, -0.2) is 4.98 Å². The number of anilines is 1. The van der Waals surface area contributed by atoms with E-state index in [4.69, 9.17) is 22.1 Å². The Balaban J connectivity index is 2.51. The monoisotopic (exact) mass is 251 g/mol. The summed E-state index contributed by atoms with van der Waals surface area (Å²) in [5, 5.41) is 0.306. The molecule has 0 spiro atoms. The number of nitrogen functional groups attached to an aromatic ring is 1. The molecule has 2 rings (SSSR count). The van der Waals surface area contributed by atoms with Crippen molar-refractivity contribution in [2.45, 2.75) is 0 Å². The van der Waals surface area contributed by atoms with Crippen LogP contribution in [0.5, 0.6) is 5.75 Å². The van der Waals surface area contributed by atoms with Crippen molar-refractivity contribution in [3.63, 3.8) is 0 Å². The molecule has 5 nitrogen and oxygen atoms in total. The summed E-state index contributed by atoms with van der Waals surface area (Å²) in [6, 6.07) is 2.99. The smallest absolute Gasteiger partial charge is 0.232 e. The number of ether oxygens (including phenoxy) is 1. The van der Waals surface area contributed by atoms with Crippen molar-refractivity contribution in [3.8, 4) is 5.75 Å². The second-order valence-corrected chi connectivity index (χ2v) is 3.75. The SMILES string of the molecule is COc1cc(N)c(Cl)cc1C(=O)c1ncc[nH]1. The van der Waals surface area contributed by atoms with E-state index in [9.17, 15) is 4.79 Å². The number of nitrogens with one attached hydrogen (secondary N) is 1. The summed E-state index contributed by atoms with van der Waals surface area (Å²) in [6.45, 7) is 0. The van der Waals surface area contributed by atoms with E-state index in [1.807, 2.05) is 0 Å². The molecule has 0 bridgehead atoms. The third-order valence-corrected chi connectivity index (χ3v) is 2.60. The van der Waals surface area contributed by atoms with Crippen LogP contribution in [0.25, 0.3) is 0 Å². The number of benzene rings is 1. The molecule has 6 heteroatoms. The van der Waals surface area contributed by atoms with E-state index in [-0.39, 0.29) is 11.6 Å². The first-order chi connectivity index (χ1) is 8.13. The molecular formula is C11H10ClN3O2. The number of hydrogen-bond donors (Lipinski definition) is 2. The number of rotatable bonds is 3. The van der Waals surface area contributed by atoms with E-state index < -0.39 is 0 Å². The third kappa shape index (κ3) is 2.09. The quantitative estimate of drug-likeness (QED) is 0.645. The van der Waals surface area contributed by atoms with Gasteiger partial charge in [-0.05, 0) is 6.07 Å². The van der Waals surface area contributed by atoms with Crippen molar-refractivity contribution in [1.29, 1.82) is 0 Å². The summed E-state index contributed by atoms with van der Waals surface area (Å²) in [5.41, 5.74) is 6.32. The first-order valence-corrected chi connectivity index (χ1v) is 5.18. The first kappa shape index (κ1) is 11.5. The van der Waals surface area contributed by atoms with E-state index in [1.165, 1.54) is 25.4 Å². The van der Waals surface area contributed by atoms with Crippen molar-refractivity contribution < 1.29 is 9.53 Å². The lowest BCUT2D eigenvalue weighted by Crippen LogP contribution is -2.06. The molecule has 0 saturated heterocycles. The van der Waals surface area contributed by atoms with Crippen LogP contribution < -0.4 is 10.5 Å². The molecule has 0 radical (unpaired) electrons. The van der Waals surface area contributed by atoms with Crippen LogP contribution in [0.1, 0.15) is 16.2 Å². The lowest BCUT2D eigenvalue weighted by atomic mass is 10.1. The Morgan fingerprint density at radius 1 is 1.53 bits per heavy atom. The Morgan fingerprint density at radius 2 is 2.29 bits per heavy atom. The van der Waals surface area contributed by atoms with E-state index >= 15 is 0 Å². The largest absolute Gasteiger partial charge is 0.496 e. The normalized spacial score (nSPS) is 10.2. The summed E-state index contributed by atoms with van der Waals surface area (Å²) >= 11 is 5.88. The minimum atomic E-state index is -0.297. The second kappa shape index (κ2) is 4.47. The number of nitrogens with zero attached hydrogens (tertiary/aromatic N) is 1. The average molecular weight is 252 g/mol. The van der Waals surface area contributed by atoms with Gasteiger partial charge in [0.2, 0.25) is 5.78 Å². The zero-order valence-electron chi connectivity index (χ0n) is 9.03. The number of ketones is 1. The Labute approximate surface area is 103 Å². The number of aromatic nitrogens is 2. The molecule has 0 aliphatic heterocycles. The zero-order chi connectivity index (χ0) is 12.4. The van der Waals surface area contributed by atoms with Gasteiger partial charge in [-0.15, -0.1) is 0 Å². The van der Waals surface area contributed by atoms with Gasteiger partial charge in [0.05, 0.1) is 23.4 Å². The molecule has 1 aromatic heterocycles. The van der Waals surface area contributed by atoms with Gasteiger partial charge in [0, 0.05) is 18.5 Å². The van der Waals surface area contributed by atoms with Crippen LogP contribution in [-0.4, -0.2) is 22.9 Å². The van der Waals surface area contributed by atoms with Crippen LogP contribution in [-0.2, 0) is 0 Å². The number of hydrogen-bond acceptors (Lipinski definition) is 4. The molecule has 0 unspecified atom stereocenters. The highest BCUT2D eigenvalue weighted by Crippen LogP contribution is 2.29. The maximum absolute atomic E-state index is 12.1. The lowest BCUT2D eigenvalue weighted by Gasteiger charge is -2.08. The van der Waals surface area contributed by atoms with Crippen molar-refractivity contribution in [3.05, 3.63) is 40.9 Å². The second-order valence-electron chi connectivity index (χ2n) is 3.34. The number of aromatic amines is 1. The van der Waals surface area contributed by atoms with E-state index in [2.05, 4.69) is 9.97 Å². The average Bonchev–Trinajstić information content (AvgIpc) is 2.84. The highest BCUT2D eigenvalue weighted by molar-refractivity contribution is 6.33. The molecule has 0 amide bonds. The van der Waals surface area contributed by atoms with Crippen molar-refractivity contribution in [1.82, 2.24) is 9.97 Å². The molecule has 2 aromatic rings. The van der Waals surface area contributed by atoms with Gasteiger partial charge in [-0.3, -0.25) is 4.79 Å². The number of halogens is 1.